The Hall–Kier alpha value is -3.05. The monoisotopic (exact) mass is 344 g/mol. The number of benzene rings is 3. The largest absolute Gasteiger partial charge is 0.274 e. The van der Waals surface area contributed by atoms with Gasteiger partial charge >= 0.3 is 0 Å². The predicted molar refractivity (Wildman–Crippen MR) is 99.1 cm³/mol. The van der Waals surface area contributed by atoms with E-state index in [4.69, 9.17) is 4.98 Å². The van der Waals surface area contributed by atoms with Gasteiger partial charge in [-0.25, -0.2) is 4.98 Å². The number of hydrogen-bond donors (Lipinski definition) is 0. The zero-order valence-corrected chi connectivity index (χ0v) is 13.9. The van der Waals surface area contributed by atoms with Crippen molar-refractivity contribution < 1.29 is 4.92 Å². The molecule has 1 aliphatic carbocycles. The quantitative estimate of drug-likeness (QED) is 0.320. The second-order valence-corrected chi connectivity index (χ2v) is 7.10. The average molecular weight is 344 g/mol. The third kappa shape index (κ3) is 2.03. The Labute approximate surface area is 147 Å². The zero-order valence-electron chi connectivity index (χ0n) is 13.0. The highest BCUT2D eigenvalue weighted by Crippen LogP contribution is 2.52. The maximum absolute atomic E-state index is 11.6. The molecule has 120 valence electrons. The van der Waals surface area contributed by atoms with Crippen LogP contribution in [0.3, 0.4) is 0 Å². The Morgan fingerprint density at radius 1 is 0.920 bits per heavy atom. The van der Waals surface area contributed by atoms with E-state index >= 15 is 0 Å². The number of nitro groups is 1. The molecule has 0 spiro atoms. The van der Waals surface area contributed by atoms with E-state index in [0.717, 1.165) is 37.5 Å². The van der Waals surface area contributed by atoms with Crippen molar-refractivity contribution >= 4 is 27.2 Å². The molecule has 1 atom stereocenters. The van der Waals surface area contributed by atoms with Gasteiger partial charge in [0.2, 0.25) is 0 Å². The van der Waals surface area contributed by atoms with E-state index in [-0.39, 0.29) is 16.5 Å². The van der Waals surface area contributed by atoms with Crippen LogP contribution in [-0.4, -0.2) is 9.91 Å². The summed E-state index contributed by atoms with van der Waals surface area (Å²) in [4.78, 5) is 16.2. The second-order valence-electron chi connectivity index (χ2n) is 6.04. The SMILES string of the molecule is O=[N+]([O-])c1cccc2c1C(c1nc3ccccc3s1)c1ccccc1-2. The number of hydrogen-bond acceptors (Lipinski definition) is 4. The van der Waals surface area contributed by atoms with Crippen LogP contribution in [-0.2, 0) is 0 Å². The minimum absolute atomic E-state index is 0.165. The van der Waals surface area contributed by atoms with Gasteiger partial charge in [0.15, 0.2) is 0 Å². The van der Waals surface area contributed by atoms with E-state index in [1.54, 1.807) is 23.5 Å². The molecule has 1 aromatic heterocycles. The topological polar surface area (TPSA) is 56.0 Å². The van der Waals surface area contributed by atoms with E-state index in [0.29, 0.717) is 0 Å². The molecule has 0 radical (unpaired) electrons. The van der Waals surface area contributed by atoms with Gasteiger partial charge < -0.3 is 0 Å². The molecule has 5 rings (SSSR count). The van der Waals surface area contributed by atoms with Gasteiger partial charge in [0.05, 0.1) is 26.6 Å². The second kappa shape index (κ2) is 5.22. The maximum Gasteiger partial charge on any atom is 0.274 e. The molecular weight excluding hydrogens is 332 g/mol. The molecule has 4 aromatic rings. The molecule has 0 aliphatic heterocycles. The van der Waals surface area contributed by atoms with Crippen LogP contribution in [0.25, 0.3) is 21.3 Å². The molecule has 0 saturated carbocycles. The van der Waals surface area contributed by atoms with Crippen molar-refractivity contribution in [3.05, 3.63) is 93.0 Å². The van der Waals surface area contributed by atoms with E-state index in [1.807, 2.05) is 48.5 Å². The van der Waals surface area contributed by atoms with Gasteiger partial charge in [-0.15, -0.1) is 11.3 Å². The summed E-state index contributed by atoms with van der Waals surface area (Å²) < 4.78 is 1.10. The molecule has 0 N–H and O–H groups in total. The van der Waals surface area contributed by atoms with Crippen molar-refractivity contribution in [3.8, 4) is 11.1 Å². The Balaban J connectivity index is 1.84. The molecule has 1 unspecified atom stereocenters. The number of nitrogens with zero attached hydrogens (tertiary/aromatic N) is 2. The lowest BCUT2D eigenvalue weighted by Crippen LogP contribution is -2.02. The van der Waals surface area contributed by atoms with Crippen molar-refractivity contribution in [2.24, 2.45) is 0 Å². The average Bonchev–Trinajstić information content (AvgIpc) is 3.20. The molecule has 3 aromatic carbocycles. The fraction of sp³-hybridized carbons (Fsp3) is 0.0500. The van der Waals surface area contributed by atoms with Crippen molar-refractivity contribution in [2.75, 3.05) is 0 Å². The minimum Gasteiger partial charge on any atom is -0.258 e. The lowest BCUT2D eigenvalue weighted by molar-refractivity contribution is -0.385. The fourth-order valence-electron chi connectivity index (χ4n) is 3.67. The molecule has 25 heavy (non-hydrogen) atoms. The van der Waals surface area contributed by atoms with Crippen LogP contribution in [0, 0.1) is 10.1 Å². The van der Waals surface area contributed by atoms with E-state index in [2.05, 4.69) is 6.07 Å². The van der Waals surface area contributed by atoms with Gasteiger partial charge in [-0.1, -0.05) is 48.5 Å². The Morgan fingerprint density at radius 3 is 2.52 bits per heavy atom. The van der Waals surface area contributed by atoms with Crippen LogP contribution in [0.15, 0.2) is 66.7 Å². The van der Waals surface area contributed by atoms with Crippen LogP contribution >= 0.6 is 11.3 Å². The molecule has 1 heterocycles. The first-order valence-electron chi connectivity index (χ1n) is 7.96. The zero-order chi connectivity index (χ0) is 17.0. The van der Waals surface area contributed by atoms with Crippen molar-refractivity contribution in [1.82, 2.24) is 4.98 Å². The summed E-state index contributed by atoms with van der Waals surface area (Å²) in [6, 6.07) is 21.3. The highest BCUT2D eigenvalue weighted by molar-refractivity contribution is 7.18. The summed E-state index contributed by atoms with van der Waals surface area (Å²) in [6.07, 6.45) is 0. The highest BCUT2D eigenvalue weighted by Gasteiger charge is 2.37. The summed E-state index contributed by atoms with van der Waals surface area (Å²) >= 11 is 1.61. The number of rotatable bonds is 2. The van der Waals surface area contributed by atoms with E-state index in [1.165, 1.54) is 0 Å². The first-order valence-corrected chi connectivity index (χ1v) is 8.78. The highest BCUT2D eigenvalue weighted by atomic mass is 32.1. The molecule has 4 nitrogen and oxygen atoms in total. The number of nitro benzene ring substituents is 1. The molecule has 0 amide bonds. The Morgan fingerprint density at radius 2 is 1.68 bits per heavy atom. The van der Waals surface area contributed by atoms with E-state index in [9.17, 15) is 10.1 Å². The normalized spacial score (nSPS) is 15.1. The lowest BCUT2D eigenvalue weighted by atomic mass is 9.96. The number of para-hydroxylation sites is 1. The van der Waals surface area contributed by atoms with Crippen LogP contribution in [0.2, 0.25) is 0 Å². The molecule has 5 heteroatoms. The van der Waals surface area contributed by atoms with Gasteiger partial charge in [0.25, 0.3) is 5.69 Å². The van der Waals surface area contributed by atoms with Crippen molar-refractivity contribution in [1.29, 1.82) is 0 Å². The maximum atomic E-state index is 11.6. The number of fused-ring (bicyclic) bond motifs is 4. The summed E-state index contributed by atoms with van der Waals surface area (Å²) in [5.41, 5.74) is 4.95. The van der Waals surface area contributed by atoms with Crippen LogP contribution in [0.4, 0.5) is 5.69 Å². The van der Waals surface area contributed by atoms with Gasteiger partial charge in [-0.3, -0.25) is 10.1 Å². The summed E-state index contributed by atoms with van der Waals surface area (Å²) in [7, 11) is 0. The molecule has 0 saturated heterocycles. The van der Waals surface area contributed by atoms with Crippen LogP contribution in [0.5, 0.6) is 0 Å². The third-order valence-corrected chi connectivity index (χ3v) is 5.79. The minimum atomic E-state index is -0.287. The van der Waals surface area contributed by atoms with Gasteiger partial charge in [0.1, 0.15) is 5.01 Å². The smallest absolute Gasteiger partial charge is 0.258 e. The molecule has 0 fully saturated rings. The van der Waals surface area contributed by atoms with Crippen LogP contribution in [0.1, 0.15) is 22.1 Å². The number of aromatic nitrogens is 1. The van der Waals surface area contributed by atoms with Gasteiger partial charge in [0, 0.05) is 6.07 Å². The predicted octanol–water partition coefficient (Wildman–Crippen LogP) is 5.37. The van der Waals surface area contributed by atoms with E-state index < -0.39 is 0 Å². The molecule has 0 bridgehead atoms. The van der Waals surface area contributed by atoms with Crippen LogP contribution < -0.4 is 0 Å². The van der Waals surface area contributed by atoms with Crippen molar-refractivity contribution in [3.63, 3.8) is 0 Å². The third-order valence-electron chi connectivity index (χ3n) is 4.69. The Bertz CT molecular complexity index is 1120. The van der Waals surface area contributed by atoms with Crippen molar-refractivity contribution in [2.45, 2.75) is 5.92 Å². The fourth-order valence-corrected chi connectivity index (χ4v) is 4.77. The lowest BCUT2D eigenvalue weighted by Gasteiger charge is -2.10. The first-order chi connectivity index (χ1) is 12.2. The molecular formula is C20H12N2O2S. The Kier molecular flexibility index (Phi) is 2.99. The van der Waals surface area contributed by atoms with Gasteiger partial charge in [-0.2, -0.15) is 0 Å². The summed E-state index contributed by atoms with van der Waals surface area (Å²) in [5.74, 6) is -0.190. The number of thiazole rings is 1. The summed E-state index contributed by atoms with van der Waals surface area (Å²) in [6.45, 7) is 0. The first kappa shape index (κ1) is 14.3. The summed E-state index contributed by atoms with van der Waals surface area (Å²) in [5, 5.41) is 12.6. The molecule has 1 aliphatic rings. The standard InChI is InChI=1S/C20H12N2O2S/c23-22(24)16-10-5-8-13-12-6-1-2-7-14(12)19(18(13)16)20-21-15-9-3-4-11-17(15)25-20/h1-11,19H. The van der Waals surface area contributed by atoms with Gasteiger partial charge in [-0.05, 0) is 28.8 Å².